The molecule has 0 aliphatic heterocycles. The zero-order valence-corrected chi connectivity index (χ0v) is 11.2. The van der Waals surface area contributed by atoms with Crippen LogP contribution in [0.4, 0.5) is 5.69 Å². The number of methoxy groups -OCH3 is 1. The van der Waals surface area contributed by atoms with Crippen molar-refractivity contribution in [2.75, 3.05) is 19.0 Å². The minimum absolute atomic E-state index is 0.0199. The molecule has 1 aliphatic carbocycles. The number of hydrogen-bond acceptors (Lipinski definition) is 4. The molecular formula is C13H14ClNO4. The molecule has 1 aromatic carbocycles. The van der Waals surface area contributed by atoms with Crippen LogP contribution in [-0.4, -0.2) is 25.6 Å². The van der Waals surface area contributed by atoms with Crippen molar-refractivity contribution in [3.05, 3.63) is 23.2 Å². The van der Waals surface area contributed by atoms with Gasteiger partial charge < -0.3 is 14.8 Å². The summed E-state index contributed by atoms with van der Waals surface area (Å²) in [6.07, 6.45) is 1.70. The molecule has 0 bridgehead atoms. The van der Waals surface area contributed by atoms with Gasteiger partial charge in [0, 0.05) is 5.02 Å². The fraction of sp³-hybridized carbons (Fsp3) is 0.385. The lowest BCUT2D eigenvalue weighted by atomic mass is 10.3. The third-order valence-electron chi connectivity index (χ3n) is 2.69. The Bertz CT molecular complexity index is 499. The summed E-state index contributed by atoms with van der Waals surface area (Å²) in [5.41, 5.74) is 0.447. The highest BCUT2D eigenvalue weighted by Gasteiger charge is 2.31. The number of carbonyl (C=O) groups excluding carboxylic acids is 2. The summed E-state index contributed by atoms with van der Waals surface area (Å²) in [6, 6.07) is 4.87. The van der Waals surface area contributed by atoms with Crippen LogP contribution < -0.4 is 10.1 Å². The van der Waals surface area contributed by atoms with Gasteiger partial charge in [-0.3, -0.25) is 9.59 Å². The SMILES string of the molecule is COc1ccc(Cl)cc1NC(=O)COC(=O)C1CC1. The van der Waals surface area contributed by atoms with Gasteiger partial charge in [-0.1, -0.05) is 11.6 Å². The van der Waals surface area contributed by atoms with Crippen molar-refractivity contribution >= 4 is 29.2 Å². The summed E-state index contributed by atoms with van der Waals surface area (Å²) in [7, 11) is 1.49. The van der Waals surface area contributed by atoms with E-state index in [1.165, 1.54) is 7.11 Å². The normalized spacial score (nSPS) is 13.8. The van der Waals surface area contributed by atoms with E-state index in [1.54, 1.807) is 18.2 Å². The third-order valence-corrected chi connectivity index (χ3v) is 2.93. The van der Waals surface area contributed by atoms with E-state index in [2.05, 4.69) is 5.32 Å². The molecule has 102 valence electrons. The monoisotopic (exact) mass is 283 g/mol. The van der Waals surface area contributed by atoms with Crippen LogP contribution in [0.3, 0.4) is 0 Å². The van der Waals surface area contributed by atoms with Crippen molar-refractivity contribution in [3.8, 4) is 5.75 Å². The van der Waals surface area contributed by atoms with E-state index >= 15 is 0 Å². The maximum atomic E-state index is 11.7. The lowest BCUT2D eigenvalue weighted by molar-refractivity contribution is -0.148. The van der Waals surface area contributed by atoms with E-state index in [0.29, 0.717) is 16.5 Å². The first-order valence-electron chi connectivity index (χ1n) is 5.90. The smallest absolute Gasteiger partial charge is 0.309 e. The molecule has 1 N–H and O–H groups in total. The Kier molecular flexibility index (Phi) is 4.27. The second kappa shape index (κ2) is 5.93. The predicted molar refractivity (Wildman–Crippen MR) is 70.3 cm³/mol. The Morgan fingerprint density at radius 3 is 2.79 bits per heavy atom. The number of nitrogens with one attached hydrogen (secondary N) is 1. The Morgan fingerprint density at radius 1 is 1.42 bits per heavy atom. The van der Waals surface area contributed by atoms with Crippen LogP contribution in [0.1, 0.15) is 12.8 Å². The first kappa shape index (κ1) is 13.7. The summed E-state index contributed by atoms with van der Waals surface area (Å²) in [4.78, 5) is 22.9. The molecule has 1 aliphatic rings. The van der Waals surface area contributed by atoms with Crippen LogP contribution >= 0.6 is 11.6 Å². The lowest BCUT2D eigenvalue weighted by Gasteiger charge is -2.10. The highest BCUT2D eigenvalue weighted by molar-refractivity contribution is 6.31. The molecule has 2 rings (SSSR count). The molecule has 0 unspecified atom stereocenters. The van der Waals surface area contributed by atoms with Gasteiger partial charge in [-0.15, -0.1) is 0 Å². The van der Waals surface area contributed by atoms with E-state index in [9.17, 15) is 9.59 Å². The van der Waals surface area contributed by atoms with E-state index in [0.717, 1.165) is 12.8 Å². The summed E-state index contributed by atoms with van der Waals surface area (Å²) < 4.78 is 9.97. The Morgan fingerprint density at radius 2 is 2.16 bits per heavy atom. The van der Waals surface area contributed by atoms with Crippen LogP contribution in [0.5, 0.6) is 5.75 Å². The number of hydrogen-bond donors (Lipinski definition) is 1. The maximum Gasteiger partial charge on any atom is 0.309 e. The van der Waals surface area contributed by atoms with E-state index in [-0.39, 0.29) is 18.5 Å². The van der Waals surface area contributed by atoms with Crippen molar-refractivity contribution in [3.63, 3.8) is 0 Å². The molecule has 0 aromatic heterocycles. The van der Waals surface area contributed by atoms with Gasteiger partial charge in [0.25, 0.3) is 5.91 Å². The van der Waals surface area contributed by atoms with Crippen molar-refractivity contribution < 1.29 is 19.1 Å². The molecule has 1 fully saturated rings. The van der Waals surface area contributed by atoms with E-state index < -0.39 is 5.91 Å². The zero-order chi connectivity index (χ0) is 13.8. The molecule has 6 heteroatoms. The Hall–Kier alpha value is -1.75. The molecule has 1 aromatic rings. The molecule has 19 heavy (non-hydrogen) atoms. The molecule has 1 saturated carbocycles. The molecule has 5 nitrogen and oxygen atoms in total. The molecule has 0 heterocycles. The summed E-state index contributed by atoms with van der Waals surface area (Å²) in [6.45, 7) is -0.301. The Balaban J connectivity index is 1.90. The van der Waals surface area contributed by atoms with Crippen molar-refractivity contribution in [1.29, 1.82) is 0 Å². The number of carbonyl (C=O) groups is 2. The van der Waals surface area contributed by atoms with Gasteiger partial charge in [0.15, 0.2) is 6.61 Å². The van der Waals surface area contributed by atoms with E-state index in [4.69, 9.17) is 21.1 Å². The van der Waals surface area contributed by atoms with Crippen molar-refractivity contribution in [1.82, 2.24) is 0 Å². The predicted octanol–water partition coefficient (Wildman–Crippen LogP) is 2.24. The summed E-state index contributed by atoms with van der Waals surface area (Å²) in [5, 5.41) is 3.07. The second-order valence-electron chi connectivity index (χ2n) is 4.27. The van der Waals surface area contributed by atoms with Crippen molar-refractivity contribution in [2.24, 2.45) is 5.92 Å². The van der Waals surface area contributed by atoms with Crippen LogP contribution in [0, 0.1) is 5.92 Å². The average molecular weight is 284 g/mol. The number of amides is 1. The minimum Gasteiger partial charge on any atom is -0.495 e. The highest BCUT2D eigenvalue weighted by atomic mass is 35.5. The quantitative estimate of drug-likeness (QED) is 0.842. The van der Waals surface area contributed by atoms with Gasteiger partial charge in [-0.05, 0) is 31.0 Å². The fourth-order valence-electron chi connectivity index (χ4n) is 1.54. The number of benzene rings is 1. The number of rotatable bonds is 5. The van der Waals surface area contributed by atoms with Gasteiger partial charge in [0.2, 0.25) is 0 Å². The van der Waals surface area contributed by atoms with Crippen LogP contribution in [-0.2, 0) is 14.3 Å². The zero-order valence-electron chi connectivity index (χ0n) is 10.4. The number of halogens is 1. The second-order valence-corrected chi connectivity index (χ2v) is 4.71. The summed E-state index contributed by atoms with van der Waals surface area (Å²) in [5.74, 6) is -0.262. The molecular weight excluding hydrogens is 270 g/mol. The van der Waals surface area contributed by atoms with E-state index in [1.807, 2.05) is 0 Å². The van der Waals surface area contributed by atoms with Crippen LogP contribution in [0.15, 0.2) is 18.2 Å². The topological polar surface area (TPSA) is 64.6 Å². The first-order valence-corrected chi connectivity index (χ1v) is 6.28. The van der Waals surface area contributed by atoms with Crippen molar-refractivity contribution in [2.45, 2.75) is 12.8 Å². The average Bonchev–Trinajstić information content (AvgIpc) is 3.20. The Labute approximate surface area is 115 Å². The van der Waals surface area contributed by atoms with Gasteiger partial charge in [-0.25, -0.2) is 0 Å². The van der Waals surface area contributed by atoms with Gasteiger partial charge >= 0.3 is 5.97 Å². The van der Waals surface area contributed by atoms with Gasteiger partial charge in [0.1, 0.15) is 5.75 Å². The minimum atomic E-state index is -0.422. The molecule has 0 atom stereocenters. The molecule has 0 saturated heterocycles. The molecule has 0 spiro atoms. The largest absolute Gasteiger partial charge is 0.495 e. The number of ether oxygens (including phenoxy) is 2. The molecule has 1 amide bonds. The van der Waals surface area contributed by atoms with Crippen LogP contribution in [0.2, 0.25) is 5.02 Å². The van der Waals surface area contributed by atoms with Gasteiger partial charge in [-0.2, -0.15) is 0 Å². The lowest BCUT2D eigenvalue weighted by Crippen LogP contribution is -2.21. The summed E-state index contributed by atoms with van der Waals surface area (Å²) >= 11 is 5.84. The number of esters is 1. The molecule has 0 radical (unpaired) electrons. The standard InChI is InChI=1S/C13H14ClNO4/c1-18-11-5-4-9(14)6-10(11)15-12(16)7-19-13(17)8-2-3-8/h4-6,8H,2-3,7H2,1H3,(H,15,16). The number of anilines is 1. The maximum absolute atomic E-state index is 11.7. The van der Waals surface area contributed by atoms with Gasteiger partial charge in [0.05, 0.1) is 18.7 Å². The fourth-order valence-corrected chi connectivity index (χ4v) is 1.71. The first-order chi connectivity index (χ1) is 9.10. The van der Waals surface area contributed by atoms with Crippen LogP contribution in [0.25, 0.3) is 0 Å². The highest BCUT2D eigenvalue weighted by Crippen LogP contribution is 2.30. The third kappa shape index (κ3) is 3.86.